The first-order valence-electron chi connectivity index (χ1n) is 32.9. The maximum absolute atomic E-state index is 10.3. The molecular weight excluding hydrogens is 941 g/mol. The standard InChI is InChI=1S/3C22H44O2.Cr/c3*1-2-3-4-5-6-7-8-9-10-11-12-13-14-15-16-17-18-19-20-21-22(23)24;/h3*2-21H2,1H3,(H,23,24);/q;;;+3/p-3. The molecule has 0 aromatic heterocycles. The van der Waals surface area contributed by atoms with E-state index in [1.807, 2.05) is 0 Å². The molecule has 0 saturated carbocycles. The van der Waals surface area contributed by atoms with E-state index in [2.05, 4.69) is 20.8 Å². The summed E-state index contributed by atoms with van der Waals surface area (Å²) in [6, 6.07) is 0. The number of carbonyl (C=O) groups is 3. The predicted octanol–water partition coefficient (Wildman–Crippen LogP) is 19.7. The van der Waals surface area contributed by atoms with Gasteiger partial charge in [-0.15, -0.1) is 0 Å². The van der Waals surface area contributed by atoms with E-state index in [-0.39, 0.29) is 36.6 Å². The molecule has 0 saturated heterocycles. The summed E-state index contributed by atoms with van der Waals surface area (Å²) in [5, 5.41) is 30.8. The first-order chi connectivity index (χ1) is 35.3. The van der Waals surface area contributed by atoms with Crippen LogP contribution in [0.1, 0.15) is 406 Å². The molecule has 0 unspecified atom stereocenters. The fraction of sp³-hybridized carbons (Fsp3) is 0.955. The maximum Gasteiger partial charge on any atom is 3.00 e. The summed E-state index contributed by atoms with van der Waals surface area (Å²) < 4.78 is 0. The van der Waals surface area contributed by atoms with Crippen molar-refractivity contribution >= 4 is 17.9 Å². The number of aliphatic carboxylic acids is 3. The van der Waals surface area contributed by atoms with Crippen LogP contribution in [0.5, 0.6) is 0 Å². The first-order valence-corrected chi connectivity index (χ1v) is 32.9. The Morgan fingerprint density at radius 1 is 0.178 bits per heavy atom. The largest absolute Gasteiger partial charge is 3.00 e. The number of carboxylic acid groups (broad SMARTS) is 3. The van der Waals surface area contributed by atoms with E-state index in [1.165, 1.54) is 327 Å². The molecule has 1 radical (unpaired) electrons. The zero-order valence-corrected chi connectivity index (χ0v) is 51.1. The average Bonchev–Trinajstić information content (AvgIpc) is 3.36. The third-order valence-electron chi connectivity index (χ3n) is 15.0. The van der Waals surface area contributed by atoms with Gasteiger partial charge in [-0.3, -0.25) is 0 Å². The summed E-state index contributed by atoms with van der Waals surface area (Å²) >= 11 is 0. The number of unbranched alkanes of at least 4 members (excludes halogenated alkanes) is 54. The maximum atomic E-state index is 10.3. The second-order valence-electron chi connectivity index (χ2n) is 22.5. The van der Waals surface area contributed by atoms with Crippen LogP contribution in [0.4, 0.5) is 0 Å². The second-order valence-corrected chi connectivity index (χ2v) is 22.5. The van der Waals surface area contributed by atoms with Gasteiger partial charge in [-0.05, 0) is 38.5 Å². The quantitative estimate of drug-likeness (QED) is 0.0560. The van der Waals surface area contributed by atoms with Gasteiger partial charge in [-0.25, -0.2) is 0 Å². The zero-order valence-electron chi connectivity index (χ0n) is 49.8. The molecule has 0 fully saturated rings. The van der Waals surface area contributed by atoms with Gasteiger partial charge in [0.1, 0.15) is 0 Å². The number of carbonyl (C=O) groups excluding carboxylic acids is 3. The Balaban J connectivity index is -0.000000486. The normalized spacial score (nSPS) is 10.9. The van der Waals surface area contributed by atoms with Crippen LogP contribution >= 0.6 is 0 Å². The molecule has 0 aliphatic carbocycles. The second kappa shape index (κ2) is 75.2. The van der Waals surface area contributed by atoms with Crippen molar-refractivity contribution in [3.8, 4) is 0 Å². The summed E-state index contributed by atoms with van der Waals surface area (Å²) in [4.78, 5) is 30.8. The Kier molecular flexibility index (Phi) is 80.8. The Labute approximate surface area is 468 Å². The van der Waals surface area contributed by atoms with E-state index in [0.717, 1.165) is 38.5 Å². The minimum atomic E-state index is -0.901. The number of carboxylic acids is 3. The van der Waals surface area contributed by atoms with Crippen LogP contribution < -0.4 is 15.3 Å². The first kappa shape index (κ1) is 78.4. The number of hydrogen-bond donors (Lipinski definition) is 0. The molecule has 0 aliphatic rings. The fourth-order valence-electron chi connectivity index (χ4n) is 10.0. The van der Waals surface area contributed by atoms with E-state index < -0.39 is 17.9 Å². The Hall–Kier alpha value is -1.06. The molecule has 0 amide bonds. The van der Waals surface area contributed by atoms with E-state index in [9.17, 15) is 29.7 Å². The van der Waals surface area contributed by atoms with Crippen LogP contribution in [0.15, 0.2) is 0 Å². The molecule has 7 heteroatoms. The van der Waals surface area contributed by atoms with E-state index in [4.69, 9.17) is 0 Å². The van der Waals surface area contributed by atoms with Crippen molar-refractivity contribution in [2.24, 2.45) is 0 Å². The van der Waals surface area contributed by atoms with Crippen molar-refractivity contribution in [1.29, 1.82) is 0 Å². The van der Waals surface area contributed by atoms with Gasteiger partial charge >= 0.3 is 17.4 Å². The topological polar surface area (TPSA) is 120 Å². The van der Waals surface area contributed by atoms with Gasteiger partial charge < -0.3 is 29.7 Å². The molecular formula is C66H129CrO6. The van der Waals surface area contributed by atoms with Crippen LogP contribution in [0, 0.1) is 0 Å². The van der Waals surface area contributed by atoms with Crippen molar-refractivity contribution in [1.82, 2.24) is 0 Å². The van der Waals surface area contributed by atoms with Crippen molar-refractivity contribution in [2.75, 3.05) is 0 Å². The molecule has 435 valence electrons. The van der Waals surface area contributed by atoms with E-state index in [1.54, 1.807) is 0 Å². The third-order valence-corrected chi connectivity index (χ3v) is 15.0. The van der Waals surface area contributed by atoms with Crippen LogP contribution in [0.3, 0.4) is 0 Å². The van der Waals surface area contributed by atoms with Gasteiger partial charge in [0.2, 0.25) is 0 Å². The third kappa shape index (κ3) is 87.9. The van der Waals surface area contributed by atoms with Gasteiger partial charge in [-0.2, -0.15) is 0 Å². The van der Waals surface area contributed by atoms with Crippen molar-refractivity contribution in [3.63, 3.8) is 0 Å². The van der Waals surface area contributed by atoms with Crippen LogP contribution in [-0.2, 0) is 31.7 Å². The Morgan fingerprint density at radius 3 is 0.342 bits per heavy atom. The van der Waals surface area contributed by atoms with Gasteiger partial charge in [0.25, 0.3) is 0 Å². The molecule has 0 rings (SSSR count). The summed E-state index contributed by atoms with van der Waals surface area (Å²) in [6.07, 6.45) is 77.2. The van der Waals surface area contributed by atoms with Gasteiger partial charge in [0, 0.05) is 17.9 Å². The van der Waals surface area contributed by atoms with Crippen LogP contribution in [-0.4, -0.2) is 17.9 Å². The molecule has 73 heavy (non-hydrogen) atoms. The van der Waals surface area contributed by atoms with E-state index >= 15 is 0 Å². The monoisotopic (exact) mass is 1070 g/mol. The van der Waals surface area contributed by atoms with E-state index in [0.29, 0.717) is 0 Å². The summed E-state index contributed by atoms with van der Waals surface area (Å²) in [5.74, 6) is -2.70. The van der Waals surface area contributed by atoms with Crippen molar-refractivity contribution in [2.45, 2.75) is 406 Å². The molecule has 0 atom stereocenters. The van der Waals surface area contributed by atoms with Crippen LogP contribution in [0.25, 0.3) is 0 Å². The van der Waals surface area contributed by atoms with Gasteiger partial charge in [-0.1, -0.05) is 367 Å². The Morgan fingerprint density at radius 2 is 0.260 bits per heavy atom. The zero-order chi connectivity index (χ0) is 53.2. The summed E-state index contributed by atoms with van der Waals surface area (Å²) in [5.41, 5.74) is 0. The number of hydrogen-bond acceptors (Lipinski definition) is 6. The number of rotatable bonds is 60. The van der Waals surface area contributed by atoms with Crippen LogP contribution in [0.2, 0.25) is 0 Å². The fourth-order valence-corrected chi connectivity index (χ4v) is 10.0. The minimum absolute atomic E-state index is 0. The van der Waals surface area contributed by atoms with Crippen molar-refractivity contribution < 1.29 is 47.1 Å². The Bertz CT molecular complexity index is 882. The minimum Gasteiger partial charge on any atom is -0.550 e. The predicted molar refractivity (Wildman–Crippen MR) is 309 cm³/mol. The molecule has 0 spiro atoms. The smallest absolute Gasteiger partial charge is 0.550 e. The molecule has 0 heterocycles. The summed E-state index contributed by atoms with van der Waals surface area (Å²) in [6.45, 7) is 6.84. The molecule has 0 bridgehead atoms. The molecule has 0 aromatic carbocycles. The SMILES string of the molecule is CCCCCCCCCCCCCCCCCCCCCC(=O)[O-].CCCCCCCCCCCCCCCCCCCCCC(=O)[O-].CCCCCCCCCCCCCCCCCCCCCC(=O)[O-].[Cr+3]. The average molecular weight is 1070 g/mol. The van der Waals surface area contributed by atoms with Gasteiger partial charge in [0.05, 0.1) is 0 Å². The van der Waals surface area contributed by atoms with Gasteiger partial charge in [0.15, 0.2) is 0 Å². The molecule has 6 nitrogen and oxygen atoms in total. The molecule has 0 aliphatic heterocycles. The van der Waals surface area contributed by atoms with Crippen molar-refractivity contribution in [3.05, 3.63) is 0 Å². The molecule has 0 N–H and O–H groups in total. The molecule has 0 aromatic rings. The summed E-state index contributed by atoms with van der Waals surface area (Å²) in [7, 11) is 0.